The molecule has 3 amide bonds. The highest BCUT2D eigenvalue weighted by atomic mass is 16.6. The molecule has 3 atom stereocenters. The van der Waals surface area contributed by atoms with Crippen molar-refractivity contribution < 1.29 is 19.3 Å². The van der Waals surface area contributed by atoms with Gasteiger partial charge in [-0.3, -0.25) is 34.4 Å². The zero-order valence-electron chi connectivity index (χ0n) is 21.2. The van der Waals surface area contributed by atoms with E-state index in [-0.39, 0.29) is 48.6 Å². The van der Waals surface area contributed by atoms with E-state index in [4.69, 9.17) is 22.9 Å². The van der Waals surface area contributed by atoms with Crippen LogP contribution >= 0.6 is 0 Å². The fourth-order valence-corrected chi connectivity index (χ4v) is 3.52. The molecule has 13 heteroatoms. The number of guanidine groups is 1. The van der Waals surface area contributed by atoms with Crippen LogP contribution < -0.4 is 33.2 Å². The summed E-state index contributed by atoms with van der Waals surface area (Å²) in [6.45, 7) is 7.53. The van der Waals surface area contributed by atoms with Crippen LogP contribution in [0, 0.1) is 22.0 Å². The molecule has 36 heavy (non-hydrogen) atoms. The molecule has 200 valence electrons. The minimum absolute atomic E-state index is 0.00197. The highest BCUT2D eigenvalue weighted by Crippen LogP contribution is 2.25. The number of benzene rings is 1. The first-order chi connectivity index (χ1) is 16.8. The molecule has 13 nitrogen and oxygen atoms in total. The van der Waals surface area contributed by atoms with Gasteiger partial charge in [0.25, 0.3) is 5.69 Å². The number of anilines is 1. The van der Waals surface area contributed by atoms with Crippen molar-refractivity contribution >= 4 is 35.1 Å². The normalized spacial score (nSPS) is 13.5. The number of primary amides is 1. The molecule has 0 fully saturated rings. The standard InChI is InChI=1S/C23H38N8O5/c1-13(2)12-17(29-21(33)19(24)14(3)4)22(34)30(15-7-9-16(10-8-15)31(35)36)18(20(25)32)6-5-11-28-23(26)27/h7-10,13-14,17-19H,5-6,11-12,24H2,1-4H3,(H2,25,32)(H,29,33)(H4,26,27,28)/t17-,18-,19+/m0/s1. The first-order valence-corrected chi connectivity index (χ1v) is 11.7. The van der Waals surface area contributed by atoms with Crippen LogP contribution in [0.2, 0.25) is 0 Å². The predicted octanol–water partition coefficient (Wildman–Crippen LogP) is 0.350. The lowest BCUT2D eigenvalue weighted by Crippen LogP contribution is -2.58. The largest absolute Gasteiger partial charge is 0.370 e. The van der Waals surface area contributed by atoms with E-state index in [1.165, 1.54) is 29.2 Å². The maximum atomic E-state index is 13.9. The molecule has 0 aromatic heterocycles. The second-order valence-corrected chi connectivity index (χ2v) is 9.31. The van der Waals surface area contributed by atoms with Crippen LogP contribution in [0.15, 0.2) is 29.3 Å². The van der Waals surface area contributed by atoms with Crippen molar-refractivity contribution in [2.75, 3.05) is 11.4 Å². The third-order valence-corrected chi connectivity index (χ3v) is 5.49. The Hall–Kier alpha value is -3.74. The summed E-state index contributed by atoms with van der Waals surface area (Å²) in [5, 5.41) is 13.8. The first-order valence-electron chi connectivity index (χ1n) is 11.7. The van der Waals surface area contributed by atoms with Gasteiger partial charge in [-0.2, -0.15) is 0 Å². The molecular formula is C23H38N8O5. The van der Waals surface area contributed by atoms with E-state index in [2.05, 4.69) is 10.3 Å². The van der Waals surface area contributed by atoms with Gasteiger partial charge in [-0.1, -0.05) is 27.7 Å². The predicted molar refractivity (Wildman–Crippen MR) is 138 cm³/mol. The van der Waals surface area contributed by atoms with Gasteiger partial charge in [-0.05, 0) is 43.2 Å². The molecule has 0 spiro atoms. The molecule has 0 radical (unpaired) electrons. The number of rotatable bonds is 14. The number of carbonyl (C=O) groups excluding carboxylic acids is 3. The zero-order valence-corrected chi connectivity index (χ0v) is 21.2. The fourth-order valence-electron chi connectivity index (χ4n) is 3.52. The maximum Gasteiger partial charge on any atom is 0.269 e. The van der Waals surface area contributed by atoms with Gasteiger partial charge >= 0.3 is 0 Å². The highest BCUT2D eigenvalue weighted by Gasteiger charge is 2.36. The van der Waals surface area contributed by atoms with Gasteiger partial charge in [0.2, 0.25) is 17.7 Å². The Morgan fingerprint density at radius 3 is 2.11 bits per heavy atom. The van der Waals surface area contributed by atoms with Crippen molar-refractivity contribution in [3.63, 3.8) is 0 Å². The lowest BCUT2D eigenvalue weighted by molar-refractivity contribution is -0.384. The van der Waals surface area contributed by atoms with E-state index >= 15 is 0 Å². The number of nitrogens with zero attached hydrogens (tertiary/aromatic N) is 3. The number of aliphatic imine (C=N–C) groups is 1. The Bertz CT molecular complexity index is 944. The second kappa shape index (κ2) is 14.0. The monoisotopic (exact) mass is 506 g/mol. The van der Waals surface area contributed by atoms with Gasteiger partial charge < -0.3 is 28.3 Å². The van der Waals surface area contributed by atoms with Gasteiger partial charge in [-0.25, -0.2) is 0 Å². The molecule has 1 rings (SSSR count). The third-order valence-electron chi connectivity index (χ3n) is 5.49. The number of carbonyl (C=O) groups is 3. The van der Waals surface area contributed by atoms with Gasteiger partial charge in [0.15, 0.2) is 5.96 Å². The van der Waals surface area contributed by atoms with Crippen LogP contribution in [0.4, 0.5) is 11.4 Å². The number of amides is 3. The zero-order chi connectivity index (χ0) is 27.6. The fraction of sp³-hybridized carbons (Fsp3) is 0.565. The Kier molecular flexibility index (Phi) is 11.8. The number of nitrogens with two attached hydrogens (primary N) is 4. The molecule has 1 aromatic rings. The summed E-state index contributed by atoms with van der Waals surface area (Å²) in [7, 11) is 0. The summed E-state index contributed by atoms with van der Waals surface area (Å²) in [6.07, 6.45) is 0.697. The molecule has 0 aliphatic rings. The van der Waals surface area contributed by atoms with Crippen molar-refractivity contribution in [1.29, 1.82) is 0 Å². The topological polar surface area (TPSA) is 226 Å². The van der Waals surface area contributed by atoms with E-state index in [0.29, 0.717) is 6.42 Å². The Morgan fingerprint density at radius 2 is 1.67 bits per heavy atom. The molecular weight excluding hydrogens is 468 g/mol. The number of nitrogens with one attached hydrogen (secondary N) is 1. The van der Waals surface area contributed by atoms with E-state index in [0.717, 1.165) is 0 Å². The molecule has 0 unspecified atom stereocenters. The Labute approximate surface area is 210 Å². The van der Waals surface area contributed by atoms with Gasteiger partial charge in [0.1, 0.15) is 12.1 Å². The maximum absolute atomic E-state index is 13.9. The lowest BCUT2D eigenvalue weighted by atomic mass is 9.98. The van der Waals surface area contributed by atoms with Crippen molar-refractivity contribution in [3.8, 4) is 0 Å². The van der Waals surface area contributed by atoms with Crippen LogP contribution in [-0.4, -0.2) is 53.3 Å². The van der Waals surface area contributed by atoms with Crippen LogP contribution in [-0.2, 0) is 14.4 Å². The summed E-state index contributed by atoms with van der Waals surface area (Å²) >= 11 is 0. The summed E-state index contributed by atoms with van der Waals surface area (Å²) in [6, 6.07) is 2.17. The SMILES string of the molecule is CC(C)C[C@H](NC(=O)[C@H](N)C(C)C)C(=O)N(c1ccc([N+](=O)[O-])cc1)[C@@H](CCCN=C(N)N)C(N)=O. The van der Waals surface area contributed by atoms with Crippen LogP contribution in [0.25, 0.3) is 0 Å². The number of nitro benzene ring substituents is 1. The van der Waals surface area contributed by atoms with Crippen LogP contribution in [0.3, 0.4) is 0 Å². The van der Waals surface area contributed by atoms with Gasteiger partial charge in [0.05, 0.1) is 11.0 Å². The average molecular weight is 507 g/mol. The van der Waals surface area contributed by atoms with Gasteiger partial charge in [0, 0.05) is 24.4 Å². The smallest absolute Gasteiger partial charge is 0.269 e. The van der Waals surface area contributed by atoms with Gasteiger partial charge in [-0.15, -0.1) is 0 Å². The van der Waals surface area contributed by atoms with Crippen molar-refractivity contribution in [2.45, 2.75) is 65.1 Å². The van der Waals surface area contributed by atoms with E-state index in [1.807, 2.05) is 13.8 Å². The van der Waals surface area contributed by atoms with Crippen LogP contribution in [0.5, 0.6) is 0 Å². The number of non-ortho nitro benzene ring substituents is 1. The third kappa shape index (κ3) is 9.13. The van der Waals surface area contributed by atoms with E-state index in [1.54, 1.807) is 13.8 Å². The first kappa shape index (κ1) is 30.3. The number of nitro groups is 1. The summed E-state index contributed by atoms with van der Waals surface area (Å²) in [5.41, 5.74) is 22.4. The molecule has 1 aromatic carbocycles. The van der Waals surface area contributed by atoms with E-state index in [9.17, 15) is 24.5 Å². The molecule has 9 N–H and O–H groups in total. The molecule has 0 aliphatic heterocycles. The number of hydrogen-bond acceptors (Lipinski definition) is 7. The average Bonchev–Trinajstić information content (AvgIpc) is 2.79. The highest BCUT2D eigenvalue weighted by molar-refractivity contribution is 6.04. The Balaban J connectivity index is 3.47. The minimum Gasteiger partial charge on any atom is -0.370 e. The molecule has 0 heterocycles. The molecule has 0 saturated heterocycles. The van der Waals surface area contributed by atoms with Crippen molar-refractivity contribution in [3.05, 3.63) is 34.4 Å². The van der Waals surface area contributed by atoms with Crippen LogP contribution in [0.1, 0.15) is 47.0 Å². The minimum atomic E-state index is -1.13. The lowest BCUT2D eigenvalue weighted by Gasteiger charge is -2.34. The molecule has 0 aliphatic carbocycles. The van der Waals surface area contributed by atoms with Crippen molar-refractivity contribution in [2.24, 2.45) is 39.8 Å². The quantitative estimate of drug-likeness (QED) is 0.0775. The number of hydrogen-bond donors (Lipinski definition) is 5. The molecule has 0 saturated carbocycles. The summed E-state index contributed by atoms with van der Waals surface area (Å²) in [4.78, 5) is 54.7. The van der Waals surface area contributed by atoms with Crippen molar-refractivity contribution in [1.82, 2.24) is 5.32 Å². The van der Waals surface area contributed by atoms with E-state index < -0.39 is 40.8 Å². The summed E-state index contributed by atoms with van der Waals surface area (Å²) in [5.74, 6) is -2.17. The summed E-state index contributed by atoms with van der Waals surface area (Å²) < 4.78 is 0. The molecule has 0 bridgehead atoms. The Morgan fingerprint density at radius 1 is 1.08 bits per heavy atom. The second-order valence-electron chi connectivity index (χ2n) is 9.31.